The van der Waals surface area contributed by atoms with Gasteiger partial charge in [-0.15, -0.1) is 0 Å². The van der Waals surface area contributed by atoms with E-state index in [1.807, 2.05) is 0 Å². The summed E-state index contributed by atoms with van der Waals surface area (Å²) >= 11 is 0. The fraction of sp³-hybridized carbons (Fsp3) is 0.900. The van der Waals surface area contributed by atoms with Gasteiger partial charge >= 0.3 is 0 Å². The van der Waals surface area contributed by atoms with Crippen molar-refractivity contribution in [1.29, 1.82) is 0 Å². The predicted molar refractivity (Wildman–Crippen MR) is 53.2 cm³/mol. The molecule has 1 aliphatic carbocycles. The molecule has 0 aliphatic heterocycles. The summed E-state index contributed by atoms with van der Waals surface area (Å²) in [5.41, 5.74) is 5.26. The normalized spacial score (nSPS) is 34.2. The Labute approximate surface area is 80.1 Å². The lowest BCUT2D eigenvalue weighted by atomic mass is 9.78. The van der Waals surface area contributed by atoms with Gasteiger partial charge in [-0.1, -0.05) is 26.7 Å². The molecule has 76 valence electrons. The first-order chi connectivity index (χ1) is 6.15. The molecule has 0 saturated heterocycles. The minimum Gasteiger partial charge on any atom is -0.352 e. The van der Waals surface area contributed by atoms with Gasteiger partial charge in [-0.25, -0.2) is 0 Å². The van der Waals surface area contributed by atoms with E-state index in [1.54, 1.807) is 0 Å². The highest BCUT2D eigenvalue weighted by molar-refractivity contribution is 5.78. The Balaban J connectivity index is 2.43. The lowest BCUT2D eigenvalue weighted by Gasteiger charge is -2.34. The summed E-state index contributed by atoms with van der Waals surface area (Å²) in [5.74, 6) is 1.28. The van der Waals surface area contributed by atoms with Crippen LogP contribution in [0.2, 0.25) is 0 Å². The maximum Gasteiger partial charge on any atom is 0.233 e. The third-order valence-corrected chi connectivity index (χ3v) is 3.24. The van der Waals surface area contributed by atoms with Crippen molar-refractivity contribution in [3.63, 3.8) is 0 Å². The molecule has 0 heterocycles. The molecule has 0 radical (unpaired) electrons. The second-order valence-electron chi connectivity index (χ2n) is 4.15. The smallest absolute Gasteiger partial charge is 0.233 e. The minimum atomic E-state index is -0.0223. The lowest BCUT2D eigenvalue weighted by molar-refractivity contribution is -0.121. The maximum atomic E-state index is 11.1. The van der Waals surface area contributed by atoms with E-state index in [9.17, 15) is 4.79 Å². The first-order valence-electron chi connectivity index (χ1n) is 5.14. The topological polar surface area (TPSA) is 55.1 Å². The van der Waals surface area contributed by atoms with Gasteiger partial charge in [0.15, 0.2) is 0 Å². The summed E-state index contributed by atoms with van der Waals surface area (Å²) in [6.07, 6.45) is 3.62. The number of hydrogen-bond donors (Lipinski definition) is 2. The van der Waals surface area contributed by atoms with Gasteiger partial charge in [0.25, 0.3) is 0 Å². The monoisotopic (exact) mass is 184 g/mol. The van der Waals surface area contributed by atoms with Gasteiger partial charge < -0.3 is 11.1 Å². The van der Waals surface area contributed by atoms with E-state index in [4.69, 9.17) is 5.73 Å². The summed E-state index contributed by atoms with van der Waals surface area (Å²) in [4.78, 5) is 11.1. The molecule has 0 aromatic heterocycles. The highest BCUT2D eigenvalue weighted by Crippen LogP contribution is 2.29. The maximum absolute atomic E-state index is 11.1. The fourth-order valence-electron chi connectivity index (χ4n) is 2.05. The van der Waals surface area contributed by atoms with Gasteiger partial charge in [0.05, 0.1) is 6.54 Å². The summed E-state index contributed by atoms with van der Waals surface area (Å²) in [7, 11) is 0. The summed E-state index contributed by atoms with van der Waals surface area (Å²) in [6.45, 7) is 4.58. The van der Waals surface area contributed by atoms with Crippen LogP contribution in [0.4, 0.5) is 0 Å². The van der Waals surface area contributed by atoms with E-state index in [2.05, 4.69) is 19.2 Å². The first kappa shape index (κ1) is 10.5. The number of amides is 1. The molecular formula is C10H20N2O. The molecule has 3 atom stereocenters. The van der Waals surface area contributed by atoms with Crippen molar-refractivity contribution in [1.82, 2.24) is 5.32 Å². The Morgan fingerprint density at radius 3 is 2.77 bits per heavy atom. The molecule has 0 aromatic carbocycles. The summed E-state index contributed by atoms with van der Waals surface area (Å²) in [5, 5.41) is 2.98. The molecule has 1 amide bonds. The summed E-state index contributed by atoms with van der Waals surface area (Å²) < 4.78 is 0. The van der Waals surface area contributed by atoms with Gasteiger partial charge in [-0.3, -0.25) is 4.79 Å². The second kappa shape index (κ2) is 4.61. The SMILES string of the molecule is CC1CCCC(NC(=O)CN)C1C. The highest BCUT2D eigenvalue weighted by atomic mass is 16.1. The van der Waals surface area contributed by atoms with E-state index in [0.29, 0.717) is 12.0 Å². The number of carbonyl (C=O) groups is 1. The zero-order valence-corrected chi connectivity index (χ0v) is 8.55. The Bertz CT molecular complexity index is 182. The molecule has 13 heavy (non-hydrogen) atoms. The molecule has 3 nitrogen and oxygen atoms in total. The Morgan fingerprint density at radius 2 is 2.15 bits per heavy atom. The summed E-state index contributed by atoms with van der Waals surface area (Å²) in [6, 6.07) is 0.347. The molecule has 0 bridgehead atoms. The number of hydrogen-bond acceptors (Lipinski definition) is 2. The quantitative estimate of drug-likeness (QED) is 0.669. The second-order valence-corrected chi connectivity index (χ2v) is 4.15. The van der Waals surface area contributed by atoms with Crippen molar-refractivity contribution in [2.24, 2.45) is 17.6 Å². The number of rotatable bonds is 2. The number of nitrogens with two attached hydrogens (primary N) is 1. The largest absolute Gasteiger partial charge is 0.352 e. The average Bonchev–Trinajstić information content (AvgIpc) is 2.13. The molecular weight excluding hydrogens is 164 g/mol. The average molecular weight is 184 g/mol. The van der Waals surface area contributed by atoms with Gasteiger partial charge in [0.1, 0.15) is 0 Å². The van der Waals surface area contributed by atoms with Gasteiger partial charge in [-0.05, 0) is 18.3 Å². The van der Waals surface area contributed by atoms with Crippen LogP contribution in [0.1, 0.15) is 33.1 Å². The van der Waals surface area contributed by atoms with Crippen molar-refractivity contribution in [2.45, 2.75) is 39.2 Å². The molecule has 3 unspecified atom stereocenters. The van der Waals surface area contributed by atoms with Crippen LogP contribution in [-0.4, -0.2) is 18.5 Å². The third kappa shape index (κ3) is 2.69. The van der Waals surface area contributed by atoms with E-state index >= 15 is 0 Å². The van der Waals surface area contributed by atoms with Gasteiger partial charge in [0.2, 0.25) is 5.91 Å². The predicted octanol–water partition coefficient (Wildman–Crippen LogP) is 0.886. The molecule has 1 saturated carbocycles. The van der Waals surface area contributed by atoms with Crippen molar-refractivity contribution in [3.8, 4) is 0 Å². The van der Waals surface area contributed by atoms with E-state index < -0.39 is 0 Å². The standard InChI is InChI=1S/C10H20N2O/c1-7-4-3-5-9(8(7)2)12-10(13)6-11/h7-9H,3-6,11H2,1-2H3,(H,12,13). The molecule has 0 spiro atoms. The van der Waals surface area contributed by atoms with Crippen LogP contribution in [0.5, 0.6) is 0 Å². The number of carbonyl (C=O) groups excluding carboxylic acids is 1. The molecule has 1 rings (SSSR count). The molecule has 1 fully saturated rings. The van der Waals surface area contributed by atoms with E-state index in [0.717, 1.165) is 12.3 Å². The van der Waals surface area contributed by atoms with Crippen LogP contribution in [0.3, 0.4) is 0 Å². The van der Waals surface area contributed by atoms with Crippen LogP contribution in [0.25, 0.3) is 0 Å². The van der Waals surface area contributed by atoms with Crippen LogP contribution >= 0.6 is 0 Å². The minimum absolute atomic E-state index is 0.0223. The first-order valence-corrected chi connectivity index (χ1v) is 5.14. The molecule has 3 N–H and O–H groups in total. The lowest BCUT2D eigenvalue weighted by Crippen LogP contribution is -2.45. The molecule has 1 aliphatic rings. The highest BCUT2D eigenvalue weighted by Gasteiger charge is 2.27. The van der Waals surface area contributed by atoms with Crippen molar-refractivity contribution < 1.29 is 4.79 Å². The van der Waals surface area contributed by atoms with E-state index in [1.165, 1.54) is 12.8 Å². The van der Waals surface area contributed by atoms with Crippen molar-refractivity contribution in [2.75, 3.05) is 6.54 Å². The number of nitrogens with one attached hydrogen (secondary N) is 1. The van der Waals surface area contributed by atoms with Crippen LogP contribution in [0, 0.1) is 11.8 Å². The van der Waals surface area contributed by atoms with Crippen LogP contribution in [0.15, 0.2) is 0 Å². The van der Waals surface area contributed by atoms with Crippen molar-refractivity contribution in [3.05, 3.63) is 0 Å². The Morgan fingerprint density at radius 1 is 1.46 bits per heavy atom. The zero-order valence-electron chi connectivity index (χ0n) is 8.55. The van der Waals surface area contributed by atoms with Crippen LogP contribution < -0.4 is 11.1 Å². The van der Waals surface area contributed by atoms with Gasteiger partial charge in [-0.2, -0.15) is 0 Å². The van der Waals surface area contributed by atoms with Crippen molar-refractivity contribution >= 4 is 5.91 Å². The van der Waals surface area contributed by atoms with E-state index in [-0.39, 0.29) is 12.5 Å². The molecule has 0 aromatic rings. The third-order valence-electron chi connectivity index (χ3n) is 3.24. The fourth-order valence-corrected chi connectivity index (χ4v) is 2.05. The Kier molecular flexibility index (Phi) is 3.72. The van der Waals surface area contributed by atoms with Crippen LogP contribution in [-0.2, 0) is 4.79 Å². The molecule has 3 heteroatoms. The van der Waals surface area contributed by atoms with Gasteiger partial charge in [0, 0.05) is 6.04 Å². The zero-order chi connectivity index (χ0) is 9.84. The Hall–Kier alpha value is -0.570.